The van der Waals surface area contributed by atoms with Crippen molar-refractivity contribution in [3.8, 4) is 0 Å². The molecule has 2 N–H and O–H groups in total. The molecule has 0 spiro atoms. The summed E-state index contributed by atoms with van der Waals surface area (Å²) in [6.45, 7) is 2.06. The van der Waals surface area contributed by atoms with Gasteiger partial charge in [0, 0.05) is 17.6 Å². The van der Waals surface area contributed by atoms with Gasteiger partial charge in [0.25, 0.3) is 0 Å². The fourth-order valence-electron chi connectivity index (χ4n) is 0.690. The molecule has 2 nitrogen and oxygen atoms in total. The van der Waals surface area contributed by atoms with Crippen molar-refractivity contribution in [1.29, 1.82) is 0 Å². The lowest BCUT2D eigenvalue weighted by atomic mass is 10.3. The third-order valence-electron chi connectivity index (χ3n) is 1.20. The van der Waals surface area contributed by atoms with Crippen molar-refractivity contribution in [3.05, 3.63) is 24.0 Å². The van der Waals surface area contributed by atoms with Crippen LogP contribution in [0.4, 0.5) is 5.69 Å². The zero-order chi connectivity index (χ0) is 6.69. The summed E-state index contributed by atoms with van der Waals surface area (Å²) in [5.41, 5.74) is 7.34. The second kappa shape index (κ2) is 2.49. The summed E-state index contributed by atoms with van der Waals surface area (Å²) < 4.78 is 0. The van der Waals surface area contributed by atoms with Crippen molar-refractivity contribution in [1.82, 2.24) is 4.98 Å². The summed E-state index contributed by atoms with van der Waals surface area (Å²) in [5.74, 6) is 0. The first kappa shape index (κ1) is 6.08. The van der Waals surface area contributed by atoms with Gasteiger partial charge in [-0.2, -0.15) is 0 Å². The van der Waals surface area contributed by atoms with Crippen LogP contribution in [0.3, 0.4) is 0 Å². The second-order valence-corrected chi connectivity index (χ2v) is 1.93. The molecule has 1 heterocycles. The van der Waals surface area contributed by atoms with Gasteiger partial charge in [-0.15, -0.1) is 0 Å². The molecule has 2 heteroatoms. The van der Waals surface area contributed by atoms with Crippen molar-refractivity contribution in [3.63, 3.8) is 0 Å². The topological polar surface area (TPSA) is 38.9 Å². The van der Waals surface area contributed by atoms with Gasteiger partial charge in [0.2, 0.25) is 0 Å². The Balaban J connectivity index is 2.94. The minimum Gasteiger partial charge on any atom is -0.399 e. The fraction of sp³-hybridized carbons (Fsp3) is 0.286. The van der Waals surface area contributed by atoms with E-state index in [1.807, 2.05) is 6.07 Å². The monoisotopic (exact) mass is 122 g/mol. The Kier molecular flexibility index (Phi) is 1.68. The van der Waals surface area contributed by atoms with Crippen molar-refractivity contribution in [2.24, 2.45) is 0 Å². The number of hydrogen-bond acceptors (Lipinski definition) is 2. The number of pyridine rings is 1. The van der Waals surface area contributed by atoms with Gasteiger partial charge >= 0.3 is 0 Å². The van der Waals surface area contributed by atoms with Crippen LogP contribution in [0.25, 0.3) is 0 Å². The van der Waals surface area contributed by atoms with Gasteiger partial charge in [0.1, 0.15) is 0 Å². The Labute approximate surface area is 54.7 Å². The number of aromatic nitrogens is 1. The van der Waals surface area contributed by atoms with Crippen LogP contribution in [-0.2, 0) is 6.42 Å². The maximum Gasteiger partial charge on any atom is 0.0421 e. The molecule has 0 unspecified atom stereocenters. The molecular weight excluding hydrogens is 112 g/mol. The summed E-state index contributed by atoms with van der Waals surface area (Å²) in [4.78, 5) is 4.08. The van der Waals surface area contributed by atoms with Gasteiger partial charge in [-0.1, -0.05) is 6.92 Å². The van der Waals surface area contributed by atoms with Crippen molar-refractivity contribution in [2.75, 3.05) is 5.73 Å². The summed E-state index contributed by atoms with van der Waals surface area (Å²) in [6, 6.07) is 3.68. The van der Waals surface area contributed by atoms with E-state index < -0.39 is 0 Å². The van der Waals surface area contributed by atoms with E-state index in [-0.39, 0.29) is 0 Å². The summed E-state index contributed by atoms with van der Waals surface area (Å²) >= 11 is 0. The molecule has 0 aromatic carbocycles. The van der Waals surface area contributed by atoms with E-state index >= 15 is 0 Å². The molecule has 0 amide bonds. The van der Waals surface area contributed by atoms with E-state index in [1.54, 1.807) is 12.3 Å². The highest BCUT2D eigenvalue weighted by Crippen LogP contribution is 2.01. The van der Waals surface area contributed by atoms with Gasteiger partial charge < -0.3 is 5.73 Å². The third-order valence-corrected chi connectivity index (χ3v) is 1.20. The first-order valence-electron chi connectivity index (χ1n) is 3.03. The van der Waals surface area contributed by atoms with E-state index in [0.29, 0.717) is 0 Å². The van der Waals surface area contributed by atoms with Gasteiger partial charge in [-0.3, -0.25) is 4.98 Å². The van der Waals surface area contributed by atoms with Gasteiger partial charge in [0.05, 0.1) is 0 Å². The molecule has 0 radical (unpaired) electrons. The Morgan fingerprint density at radius 2 is 2.44 bits per heavy atom. The molecule has 0 atom stereocenters. The smallest absolute Gasteiger partial charge is 0.0421 e. The summed E-state index contributed by atoms with van der Waals surface area (Å²) in [5, 5.41) is 0. The molecular formula is C7H10N2. The number of anilines is 1. The molecule has 0 fully saturated rings. The van der Waals surface area contributed by atoms with Gasteiger partial charge in [-0.05, 0) is 18.6 Å². The number of rotatable bonds is 1. The van der Waals surface area contributed by atoms with Crippen molar-refractivity contribution < 1.29 is 0 Å². The lowest BCUT2D eigenvalue weighted by molar-refractivity contribution is 1.04. The maximum atomic E-state index is 5.49. The number of hydrogen-bond donors (Lipinski definition) is 1. The standard InChI is InChI=1S/C7H10N2/c1-2-7-5-6(8)3-4-9-7/h3-5H,2H2,1H3,(H2,8,9). The van der Waals surface area contributed by atoms with E-state index in [0.717, 1.165) is 17.8 Å². The van der Waals surface area contributed by atoms with Crippen LogP contribution in [0.2, 0.25) is 0 Å². The first-order chi connectivity index (χ1) is 4.33. The fourth-order valence-corrected chi connectivity index (χ4v) is 0.690. The van der Waals surface area contributed by atoms with Crippen molar-refractivity contribution >= 4 is 5.69 Å². The normalized spacial score (nSPS) is 9.44. The van der Waals surface area contributed by atoms with Gasteiger partial charge in [0.15, 0.2) is 0 Å². The molecule has 0 aliphatic carbocycles. The highest BCUT2D eigenvalue weighted by Gasteiger charge is 1.87. The molecule has 0 saturated heterocycles. The molecule has 1 rings (SSSR count). The zero-order valence-corrected chi connectivity index (χ0v) is 5.46. The summed E-state index contributed by atoms with van der Waals surface area (Å²) in [7, 11) is 0. The van der Waals surface area contributed by atoms with Gasteiger partial charge in [-0.25, -0.2) is 0 Å². The first-order valence-corrected chi connectivity index (χ1v) is 3.03. The molecule has 0 aliphatic rings. The van der Waals surface area contributed by atoms with E-state index in [1.165, 1.54) is 0 Å². The molecule has 0 aliphatic heterocycles. The van der Waals surface area contributed by atoms with Crippen molar-refractivity contribution in [2.45, 2.75) is 13.3 Å². The van der Waals surface area contributed by atoms with Crippen LogP contribution in [0.15, 0.2) is 18.3 Å². The van der Waals surface area contributed by atoms with Crippen LogP contribution in [0.5, 0.6) is 0 Å². The molecule has 0 bridgehead atoms. The molecule has 48 valence electrons. The van der Waals surface area contributed by atoms with Crippen LogP contribution in [0, 0.1) is 0 Å². The van der Waals surface area contributed by atoms with Crippen LogP contribution in [0.1, 0.15) is 12.6 Å². The van der Waals surface area contributed by atoms with E-state index in [9.17, 15) is 0 Å². The van der Waals surface area contributed by atoms with Crippen LogP contribution < -0.4 is 5.73 Å². The van der Waals surface area contributed by atoms with Crippen LogP contribution >= 0.6 is 0 Å². The highest BCUT2D eigenvalue weighted by atomic mass is 14.7. The van der Waals surface area contributed by atoms with Crippen LogP contribution in [-0.4, -0.2) is 4.98 Å². The predicted octanol–water partition coefficient (Wildman–Crippen LogP) is 1.23. The lowest BCUT2D eigenvalue weighted by Gasteiger charge is -1.94. The molecule has 0 saturated carbocycles. The SMILES string of the molecule is CCc1cc(N)ccn1. The Morgan fingerprint density at radius 3 is 2.89 bits per heavy atom. The maximum absolute atomic E-state index is 5.49. The minimum atomic E-state index is 0.793. The third kappa shape index (κ3) is 1.42. The number of nitrogens with two attached hydrogens (primary N) is 1. The Morgan fingerprint density at radius 1 is 1.67 bits per heavy atom. The quantitative estimate of drug-likeness (QED) is 0.608. The predicted molar refractivity (Wildman–Crippen MR) is 38.0 cm³/mol. The highest BCUT2D eigenvalue weighted by molar-refractivity contribution is 5.36. The second-order valence-electron chi connectivity index (χ2n) is 1.93. The molecule has 1 aromatic heterocycles. The Bertz CT molecular complexity index is 196. The zero-order valence-electron chi connectivity index (χ0n) is 5.46. The lowest BCUT2D eigenvalue weighted by Crippen LogP contribution is -1.89. The average Bonchev–Trinajstić information content (AvgIpc) is 1.88. The number of aryl methyl sites for hydroxylation is 1. The number of nitrogens with zero attached hydrogens (tertiary/aromatic N) is 1. The Hall–Kier alpha value is -1.05. The van der Waals surface area contributed by atoms with E-state index in [2.05, 4.69) is 11.9 Å². The molecule has 1 aromatic rings. The summed E-state index contributed by atoms with van der Waals surface area (Å²) in [6.07, 6.45) is 2.68. The van der Waals surface area contributed by atoms with E-state index in [4.69, 9.17) is 5.73 Å². The number of nitrogen functional groups attached to an aromatic ring is 1. The average molecular weight is 122 g/mol. The molecule has 9 heavy (non-hydrogen) atoms. The largest absolute Gasteiger partial charge is 0.399 e. The minimum absolute atomic E-state index is 0.793.